The van der Waals surface area contributed by atoms with Gasteiger partial charge in [0, 0.05) is 12.4 Å². The average molecular weight is 273 g/mol. The number of hydrogen-bond donors (Lipinski definition) is 1. The van der Waals surface area contributed by atoms with Gasteiger partial charge in [-0.25, -0.2) is 9.78 Å². The van der Waals surface area contributed by atoms with Crippen LogP contribution in [0, 0.1) is 0 Å². The lowest BCUT2D eigenvalue weighted by Gasteiger charge is -2.17. The first-order valence-electron chi connectivity index (χ1n) is 6.81. The van der Waals surface area contributed by atoms with E-state index in [-0.39, 0.29) is 18.2 Å². The van der Waals surface area contributed by atoms with E-state index in [1.807, 2.05) is 54.9 Å². The van der Waals surface area contributed by atoms with Gasteiger partial charge in [-0.1, -0.05) is 44.2 Å². The van der Waals surface area contributed by atoms with E-state index in [0.717, 1.165) is 5.56 Å². The average Bonchev–Trinajstić information content (AvgIpc) is 3.12. The molecule has 1 aliphatic rings. The van der Waals surface area contributed by atoms with E-state index in [1.54, 1.807) is 12.5 Å². The number of rotatable bonds is 3. The molecule has 2 aromatic rings. The van der Waals surface area contributed by atoms with Gasteiger partial charge in [0.2, 0.25) is 0 Å². The van der Waals surface area contributed by atoms with Crippen LogP contribution >= 0.6 is 0 Å². The molecule has 1 aliphatic heterocycles. The fraction of sp³-hybridized carbons (Fsp3) is 0.333. The first-order chi connectivity index (χ1) is 9.83. The number of cyclic esters (lactones) is 1. The third-order valence-corrected chi connectivity index (χ3v) is 3.01. The number of imidazole rings is 1. The summed E-state index contributed by atoms with van der Waals surface area (Å²) in [7, 11) is 0. The molecule has 0 bridgehead atoms. The van der Waals surface area contributed by atoms with Crippen LogP contribution in [0.4, 0.5) is 4.79 Å². The molecule has 3 rings (SSSR count). The number of nitrogens with one attached hydrogen (secondary N) is 1. The van der Waals surface area contributed by atoms with E-state index in [1.165, 1.54) is 0 Å². The Morgan fingerprint density at radius 1 is 1.30 bits per heavy atom. The normalized spacial score (nSPS) is 20.6. The zero-order chi connectivity index (χ0) is 14.4. The first-order valence-corrected chi connectivity index (χ1v) is 6.81. The lowest BCUT2D eigenvalue weighted by Crippen LogP contribution is -2.25. The standard InChI is InChI=1S/C13H13N3O2.C2H6/c17-13-15-12(10-4-2-1-3-5-10)11(18-13)8-16-7-6-14-9-16;1-2/h1-7,9,11-12H,8H2,(H,15,17);1-2H3. The van der Waals surface area contributed by atoms with Gasteiger partial charge in [0.25, 0.3) is 0 Å². The summed E-state index contributed by atoms with van der Waals surface area (Å²) < 4.78 is 7.21. The Kier molecular flexibility index (Phi) is 4.76. The summed E-state index contributed by atoms with van der Waals surface area (Å²) in [4.78, 5) is 15.4. The van der Waals surface area contributed by atoms with Crippen molar-refractivity contribution < 1.29 is 9.53 Å². The summed E-state index contributed by atoms with van der Waals surface area (Å²) >= 11 is 0. The minimum Gasteiger partial charge on any atom is -0.442 e. The van der Waals surface area contributed by atoms with Gasteiger partial charge in [-0.2, -0.15) is 0 Å². The van der Waals surface area contributed by atoms with Gasteiger partial charge in [0.05, 0.1) is 18.9 Å². The highest BCUT2D eigenvalue weighted by Gasteiger charge is 2.35. The zero-order valence-electron chi connectivity index (χ0n) is 11.7. The summed E-state index contributed by atoms with van der Waals surface area (Å²) in [6.45, 7) is 4.60. The number of amides is 1. The van der Waals surface area contributed by atoms with Gasteiger partial charge in [-0.05, 0) is 5.56 Å². The second-order valence-electron chi connectivity index (χ2n) is 4.24. The molecular formula is C15H19N3O2. The molecule has 1 fully saturated rings. The molecule has 106 valence electrons. The molecule has 1 aromatic carbocycles. The molecule has 20 heavy (non-hydrogen) atoms. The summed E-state index contributed by atoms with van der Waals surface area (Å²) in [5.74, 6) is 0. The van der Waals surface area contributed by atoms with E-state index in [9.17, 15) is 4.79 Å². The zero-order valence-corrected chi connectivity index (χ0v) is 11.7. The molecule has 1 amide bonds. The molecule has 0 saturated carbocycles. The molecule has 0 radical (unpaired) electrons. The number of carbonyl (C=O) groups is 1. The third kappa shape index (κ3) is 3.17. The molecule has 2 heterocycles. The van der Waals surface area contributed by atoms with E-state index >= 15 is 0 Å². The van der Waals surface area contributed by atoms with Gasteiger partial charge in [-0.15, -0.1) is 0 Å². The van der Waals surface area contributed by atoms with Crippen LogP contribution in [0.1, 0.15) is 25.5 Å². The SMILES string of the molecule is CC.O=C1NC(c2ccccc2)C(Cn2ccnc2)O1. The highest BCUT2D eigenvalue weighted by atomic mass is 16.6. The van der Waals surface area contributed by atoms with Crippen molar-refractivity contribution in [2.24, 2.45) is 0 Å². The Balaban J connectivity index is 0.000000704. The smallest absolute Gasteiger partial charge is 0.408 e. The molecule has 5 heteroatoms. The molecule has 2 atom stereocenters. The summed E-state index contributed by atoms with van der Waals surface area (Å²) in [5, 5.41) is 2.84. The Morgan fingerprint density at radius 2 is 2.05 bits per heavy atom. The van der Waals surface area contributed by atoms with Gasteiger partial charge < -0.3 is 14.6 Å². The molecule has 1 N–H and O–H groups in total. The maximum atomic E-state index is 11.4. The topological polar surface area (TPSA) is 56.2 Å². The van der Waals surface area contributed by atoms with Gasteiger partial charge in [0.1, 0.15) is 6.10 Å². The molecule has 1 saturated heterocycles. The number of aromatic nitrogens is 2. The van der Waals surface area contributed by atoms with Crippen molar-refractivity contribution in [1.82, 2.24) is 14.9 Å². The molecular weight excluding hydrogens is 254 g/mol. The predicted molar refractivity (Wildman–Crippen MR) is 76.2 cm³/mol. The number of hydrogen-bond acceptors (Lipinski definition) is 3. The van der Waals surface area contributed by atoms with Gasteiger partial charge in [0.15, 0.2) is 0 Å². The molecule has 0 aliphatic carbocycles. The highest BCUT2D eigenvalue weighted by molar-refractivity contribution is 5.70. The quantitative estimate of drug-likeness (QED) is 0.935. The van der Waals surface area contributed by atoms with Crippen LogP contribution in [-0.2, 0) is 11.3 Å². The second-order valence-corrected chi connectivity index (χ2v) is 4.24. The fourth-order valence-electron chi connectivity index (χ4n) is 2.16. The van der Waals surface area contributed by atoms with Crippen LogP contribution in [0.25, 0.3) is 0 Å². The Hall–Kier alpha value is -2.30. The maximum absolute atomic E-state index is 11.4. The van der Waals surface area contributed by atoms with Crippen LogP contribution in [0.5, 0.6) is 0 Å². The van der Waals surface area contributed by atoms with Crippen LogP contribution < -0.4 is 5.32 Å². The van der Waals surface area contributed by atoms with Crippen molar-refractivity contribution in [3.63, 3.8) is 0 Å². The van der Waals surface area contributed by atoms with E-state index < -0.39 is 0 Å². The van der Waals surface area contributed by atoms with Crippen molar-refractivity contribution >= 4 is 6.09 Å². The first kappa shape index (κ1) is 14.1. The Bertz CT molecular complexity index is 525. The minimum absolute atomic E-state index is 0.110. The monoisotopic (exact) mass is 273 g/mol. The molecule has 2 unspecified atom stereocenters. The van der Waals surface area contributed by atoms with Crippen molar-refractivity contribution in [3.8, 4) is 0 Å². The van der Waals surface area contributed by atoms with E-state index in [2.05, 4.69) is 10.3 Å². The Morgan fingerprint density at radius 3 is 2.70 bits per heavy atom. The minimum atomic E-state index is -0.367. The van der Waals surface area contributed by atoms with Gasteiger partial charge >= 0.3 is 6.09 Å². The van der Waals surface area contributed by atoms with Crippen molar-refractivity contribution in [2.45, 2.75) is 32.5 Å². The number of ether oxygens (including phenoxy) is 1. The van der Waals surface area contributed by atoms with Crippen LogP contribution in [0.15, 0.2) is 49.1 Å². The highest BCUT2D eigenvalue weighted by Crippen LogP contribution is 2.25. The maximum Gasteiger partial charge on any atom is 0.408 e. The van der Waals surface area contributed by atoms with Gasteiger partial charge in [-0.3, -0.25) is 0 Å². The van der Waals surface area contributed by atoms with E-state index in [0.29, 0.717) is 6.54 Å². The van der Waals surface area contributed by atoms with Crippen molar-refractivity contribution in [1.29, 1.82) is 0 Å². The summed E-state index contributed by atoms with van der Waals surface area (Å²) in [6, 6.07) is 9.72. The Labute approximate surface area is 118 Å². The van der Waals surface area contributed by atoms with Crippen LogP contribution in [0.2, 0.25) is 0 Å². The van der Waals surface area contributed by atoms with Crippen LogP contribution in [-0.4, -0.2) is 21.7 Å². The number of nitrogens with zero attached hydrogens (tertiary/aromatic N) is 2. The third-order valence-electron chi connectivity index (χ3n) is 3.01. The number of alkyl carbamates (subject to hydrolysis) is 1. The van der Waals surface area contributed by atoms with Crippen LogP contribution in [0.3, 0.4) is 0 Å². The molecule has 0 spiro atoms. The molecule has 5 nitrogen and oxygen atoms in total. The fourth-order valence-corrected chi connectivity index (χ4v) is 2.16. The van der Waals surface area contributed by atoms with E-state index in [4.69, 9.17) is 4.74 Å². The number of benzene rings is 1. The van der Waals surface area contributed by atoms with Crippen molar-refractivity contribution in [2.75, 3.05) is 0 Å². The molecule has 1 aromatic heterocycles. The predicted octanol–water partition coefficient (Wildman–Crippen LogP) is 2.76. The lowest BCUT2D eigenvalue weighted by atomic mass is 10.0. The summed E-state index contributed by atoms with van der Waals surface area (Å²) in [5.41, 5.74) is 1.05. The second kappa shape index (κ2) is 6.75. The lowest BCUT2D eigenvalue weighted by molar-refractivity contribution is 0.120. The number of carbonyl (C=O) groups excluding carboxylic acids is 1. The van der Waals surface area contributed by atoms with Crippen molar-refractivity contribution in [3.05, 3.63) is 54.6 Å². The largest absolute Gasteiger partial charge is 0.442 e. The summed E-state index contributed by atoms with van der Waals surface area (Å²) in [6.07, 6.45) is 4.70.